The van der Waals surface area contributed by atoms with Crippen LogP contribution in [0.25, 0.3) is 21.5 Å². The van der Waals surface area contributed by atoms with Crippen molar-refractivity contribution in [2.45, 2.75) is 0 Å². The molecule has 2 rings (SSSR count). The molecule has 0 aliphatic carbocycles. The topological polar surface area (TPSA) is 77.4 Å². The predicted molar refractivity (Wildman–Crippen MR) is 52.6 cm³/mol. The van der Waals surface area contributed by atoms with Crippen LogP contribution in [0.2, 0.25) is 0 Å². The van der Waals surface area contributed by atoms with E-state index in [4.69, 9.17) is 5.53 Å². The number of pyridine rings is 1. The number of halogens is 1. The van der Waals surface area contributed by atoms with Crippen molar-refractivity contribution >= 4 is 32.7 Å². The normalized spacial score (nSPS) is 9.92. The summed E-state index contributed by atoms with van der Waals surface area (Å²) in [5, 5.41) is 4.39. The number of rotatable bonds is 1. The maximum atomic E-state index is 8.35. The zero-order valence-corrected chi connectivity index (χ0v) is 7.98. The maximum absolute atomic E-state index is 8.35. The summed E-state index contributed by atoms with van der Waals surface area (Å²) >= 11 is 3.26. The average molecular weight is 238 g/mol. The van der Waals surface area contributed by atoms with Gasteiger partial charge in [0.15, 0.2) is 0 Å². The second kappa shape index (κ2) is 3.08. The molecule has 2 heterocycles. The third kappa shape index (κ3) is 1.26. The fraction of sp³-hybridized carbons (Fsp3) is 0. The Bertz CT molecular complexity index is 497. The molecular weight excluding hydrogens is 234 g/mol. The number of aromatic nitrogens is 2. The van der Waals surface area contributed by atoms with E-state index in [2.05, 4.69) is 35.9 Å². The van der Waals surface area contributed by atoms with Crippen molar-refractivity contribution in [2.75, 3.05) is 0 Å². The number of H-pyrrole nitrogens is 1. The summed E-state index contributed by atoms with van der Waals surface area (Å²) in [6.07, 6.45) is 3.35. The lowest BCUT2D eigenvalue weighted by molar-refractivity contribution is 1.30. The van der Waals surface area contributed by atoms with Gasteiger partial charge in [-0.05, 0) is 27.5 Å². The van der Waals surface area contributed by atoms with Crippen LogP contribution in [0.3, 0.4) is 0 Å². The van der Waals surface area contributed by atoms with E-state index in [1.807, 2.05) is 6.07 Å². The van der Waals surface area contributed by atoms with Crippen LogP contribution in [0.15, 0.2) is 28.0 Å². The summed E-state index contributed by atoms with van der Waals surface area (Å²) < 4.78 is 0.692. The minimum atomic E-state index is 0.564. The second-order valence-corrected chi connectivity index (χ2v) is 3.24. The van der Waals surface area contributed by atoms with Crippen LogP contribution in [-0.2, 0) is 0 Å². The van der Waals surface area contributed by atoms with E-state index >= 15 is 0 Å². The first-order valence-corrected chi connectivity index (χ1v) is 4.29. The lowest BCUT2D eigenvalue weighted by Crippen LogP contribution is -1.76. The minimum absolute atomic E-state index is 0.564. The fourth-order valence-corrected chi connectivity index (χ4v) is 1.51. The Labute approximate surface area is 81.5 Å². The second-order valence-electron chi connectivity index (χ2n) is 2.38. The molecule has 2 aromatic heterocycles. The van der Waals surface area contributed by atoms with Gasteiger partial charge in [-0.2, -0.15) is 0 Å². The Morgan fingerprint density at radius 2 is 2.46 bits per heavy atom. The third-order valence-electron chi connectivity index (χ3n) is 1.66. The first kappa shape index (κ1) is 8.10. The molecule has 0 radical (unpaired) electrons. The zero-order valence-electron chi connectivity index (χ0n) is 6.40. The lowest BCUT2D eigenvalue weighted by Gasteiger charge is -1.96. The molecule has 0 amide bonds. The summed E-state index contributed by atoms with van der Waals surface area (Å²) in [4.78, 5) is 9.78. The Morgan fingerprint density at radius 1 is 1.62 bits per heavy atom. The molecular formula is C7H4BrN5. The molecule has 6 heteroatoms. The van der Waals surface area contributed by atoms with Gasteiger partial charge in [-0.15, -0.1) is 0 Å². The van der Waals surface area contributed by atoms with Gasteiger partial charge < -0.3 is 4.98 Å². The molecule has 5 nitrogen and oxygen atoms in total. The van der Waals surface area contributed by atoms with Crippen molar-refractivity contribution in [1.82, 2.24) is 9.97 Å². The van der Waals surface area contributed by atoms with Crippen LogP contribution < -0.4 is 0 Å². The van der Waals surface area contributed by atoms with Crippen molar-refractivity contribution in [2.24, 2.45) is 5.11 Å². The Kier molecular flexibility index (Phi) is 1.92. The number of aromatic amines is 1. The van der Waals surface area contributed by atoms with Gasteiger partial charge in [0.25, 0.3) is 0 Å². The van der Waals surface area contributed by atoms with Gasteiger partial charge in [-0.3, -0.25) is 0 Å². The summed E-state index contributed by atoms with van der Waals surface area (Å²) in [6.45, 7) is 0. The van der Waals surface area contributed by atoms with Crippen LogP contribution >= 0.6 is 15.9 Å². The van der Waals surface area contributed by atoms with E-state index in [-0.39, 0.29) is 0 Å². The highest BCUT2D eigenvalue weighted by atomic mass is 79.9. The van der Waals surface area contributed by atoms with E-state index in [1.165, 1.54) is 0 Å². The molecule has 0 bridgehead atoms. The molecule has 0 unspecified atom stereocenters. The smallest absolute Gasteiger partial charge is 0.137 e. The molecule has 1 N–H and O–H groups in total. The van der Waals surface area contributed by atoms with Crippen LogP contribution in [0, 0.1) is 0 Å². The minimum Gasteiger partial charge on any atom is -0.346 e. The first-order chi connectivity index (χ1) is 6.33. The Balaban J connectivity index is 2.87. The van der Waals surface area contributed by atoms with E-state index < -0.39 is 0 Å². The highest BCUT2D eigenvalue weighted by Gasteiger charge is 2.04. The molecule has 0 aliphatic rings. The predicted octanol–water partition coefficient (Wildman–Crippen LogP) is 3.27. The fourth-order valence-electron chi connectivity index (χ4n) is 1.12. The molecule has 0 atom stereocenters. The van der Waals surface area contributed by atoms with Crippen molar-refractivity contribution in [1.29, 1.82) is 0 Å². The summed E-state index contributed by atoms with van der Waals surface area (Å²) in [6, 6.07) is 1.82. The maximum Gasteiger partial charge on any atom is 0.137 e. The molecule has 0 saturated heterocycles. The largest absolute Gasteiger partial charge is 0.346 e. The number of nitrogens with zero attached hydrogens (tertiary/aromatic N) is 4. The molecule has 0 saturated carbocycles. The Morgan fingerprint density at radius 3 is 3.23 bits per heavy atom. The van der Waals surface area contributed by atoms with E-state index in [1.54, 1.807) is 12.4 Å². The van der Waals surface area contributed by atoms with Gasteiger partial charge in [0.2, 0.25) is 0 Å². The van der Waals surface area contributed by atoms with Crippen molar-refractivity contribution < 1.29 is 0 Å². The first-order valence-electron chi connectivity index (χ1n) is 3.49. The lowest BCUT2D eigenvalue weighted by atomic mass is 10.3. The number of hydrogen-bond acceptors (Lipinski definition) is 2. The van der Waals surface area contributed by atoms with Gasteiger partial charge >= 0.3 is 0 Å². The van der Waals surface area contributed by atoms with Crippen LogP contribution in [0.4, 0.5) is 5.69 Å². The average Bonchev–Trinajstić information content (AvgIpc) is 2.58. The molecule has 13 heavy (non-hydrogen) atoms. The quantitative estimate of drug-likeness (QED) is 0.461. The van der Waals surface area contributed by atoms with E-state index in [9.17, 15) is 0 Å². The van der Waals surface area contributed by atoms with Crippen LogP contribution in [-0.4, -0.2) is 9.97 Å². The molecule has 0 aliphatic heterocycles. The van der Waals surface area contributed by atoms with Gasteiger partial charge in [0.05, 0.1) is 5.69 Å². The van der Waals surface area contributed by atoms with Crippen molar-refractivity contribution in [3.8, 4) is 0 Å². The molecule has 0 aromatic carbocycles. The number of fused-ring (bicyclic) bond motifs is 1. The molecule has 0 spiro atoms. The zero-order chi connectivity index (χ0) is 9.26. The Hall–Kier alpha value is -1.52. The van der Waals surface area contributed by atoms with Gasteiger partial charge in [0.1, 0.15) is 5.65 Å². The number of hydrogen-bond donors (Lipinski definition) is 1. The highest BCUT2D eigenvalue weighted by molar-refractivity contribution is 9.10. The summed E-state index contributed by atoms with van der Waals surface area (Å²) in [7, 11) is 0. The van der Waals surface area contributed by atoms with Gasteiger partial charge in [-0.1, -0.05) is 5.11 Å². The van der Waals surface area contributed by atoms with Gasteiger partial charge in [-0.25, -0.2) is 4.98 Å². The highest BCUT2D eigenvalue weighted by Crippen LogP contribution is 2.31. The van der Waals surface area contributed by atoms with E-state index in [0.717, 1.165) is 5.39 Å². The standard InChI is InChI=1S/C7H4BrN5/c8-5-3-11-7-4(1-2-10-7)6(5)12-13-9/h1-3H,(H,10,11). The SMILES string of the molecule is [N-]=[N+]=Nc1c(Br)cnc2[nH]ccc12. The molecule has 0 fully saturated rings. The van der Waals surface area contributed by atoms with Crippen LogP contribution in [0.5, 0.6) is 0 Å². The number of azide groups is 1. The molecule has 2 aromatic rings. The van der Waals surface area contributed by atoms with Crippen molar-refractivity contribution in [3.05, 3.63) is 33.4 Å². The third-order valence-corrected chi connectivity index (χ3v) is 2.24. The summed E-state index contributed by atoms with van der Waals surface area (Å²) in [5.74, 6) is 0. The number of nitrogens with one attached hydrogen (secondary N) is 1. The molecule has 64 valence electrons. The monoisotopic (exact) mass is 237 g/mol. The van der Waals surface area contributed by atoms with E-state index in [0.29, 0.717) is 15.8 Å². The van der Waals surface area contributed by atoms with Gasteiger partial charge in [0, 0.05) is 27.2 Å². The van der Waals surface area contributed by atoms with Crippen LogP contribution in [0.1, 0.15) is 0 Å². The van der Waals surface area contributed by atoms with Crippen molar-refractivity contribution in [3.63, 3.8) is 0 Å². The summed E-state index contributed by atoms with van der Waals surface area (Å²) in [5.41, 5.74) is 9.63.